The Bertz CT molecular complexity index is 401. The molecule has 4 heteroatoms. The third-order valence-electron chi connectivity index (χ3n) is 3.24. The second-order valence-corrected chi connectivity index (χ2v) is 4.62. The zero-order chi connectivity index (χ0) is 12.8. The smallest absolute Gasteiger partial charge is 0.228 e. The van der Waals surface area contributed by atoms with E-state index in [1.807, 2.05) is 24.3 Å². The summed E-state index contributed by atoms with van der Waals surface area (Å²) in [6.45, 7) is 2.31. The van der Waals surface area contributed by atoms with Gasteiger partial charge in [-0.3, -0.25) is 4.79 Å². The van der Waals surface area contributed by atoms with Crippen molar-refractivity contribution >= 4 is 11.6 Å². The number of methoxy groups -OCH3 is 1. The average molecular weight is 248 g/mol. The van der Waals surface area contributed by atoms with E-state index in [0.29, 0.717) is 6.61 Å². The SMILES string of the molecule is COCc1ccccc1NC(=O)C1CCCNC1. The molecule has 4 nitrogen and oxygen atoms in total. The highest BCUT2D eigenvalue weighted by molar-refractivity contribution is 5.93. The van der Waals surface area contributed by atoms with Crippen LogP contribution in [0.25, 0.3) is 0 Å². The van der Waals surface area contributed by atoms with Crippen molar-refractivity contribution in [3.05, 3.63) is 29.8 Å². The first-order valence-electron chi connectivity index (χ1n) is 6.39. The fourth-order valence-electron chi connectivity index (χ4n) is 2.23. The van der Waals surface area contributed by atoms with Crippen LogP contribution in [0, 0.1) is 5.92 Å². The van der Waals surface area contributed by atoms with Crippen LogP contribution in [0.15, 0.2) is 24.3 Å². The van der Waals surface area contributed by atoms with Crippen LogP contribution in [-0.2, 0) is 16.1 Å². The molecule has 1 aliphatic rings. The van der Waals surface area contributed by atoms with Gasteiger partial charge in [-0.1, -0.05) is 18.2 Å². The van der Waals surface area contributed by atoms with E-state index >= 15 is 0 Å². The first-order valence-corrected chi connectivity index (χ1v) is 6.39. The van der Waals surface area contributed by atoms with Gasteiger partial charge in [0.05, 0.1) is 12.5 Å². The van der Waals surface area contributed by atoms with E-state index in [0.717, 1.165) is 37.2 Å². The van der Waals surface area contributed by atoms with Crippen molar-refractivity contribution in [1.82, 2.24) is 5.32 Å². The lowest BCUT2D eigenvalue weighted by molar-refractivity contribution is -0.120. The van der Waals surface area contributed by atoms with Crippen LogP contribution in [0.2, 0.25) is 0 Å². The number of amides is 1. The van der Waals surface area contributed by atoms with Crippen molar-refractivity contribution in [1.29, 1.82) is 0 Å². The Morgan fingerprint density at radius 3 is 3.06 bits per heavy atom. The Kier molecular flexibility index (Phi) is 4.73. The van der Waals surface area contributed by atoms with Gasteiger partial charge in [-0.05, 0) is 25.5 Å². The molecule has 18 heavy (non-hydrogen) atoms. The molecule has 1 atom stereocenters. The van der Waals surface area contributed by atoms with Gasteiger partial charge in [-0.15, -0.1) is 0 Å². The van der Waals surface area contributed by atoms with E-state index < -0.39 is 0 Å². The molecule has 1 aromatic carbocycles. The fraction of sp³-hybridized carbons (Fsp3) is 0.500. The quantitative estimate of drug-likeness (QED) is 0.854. The van der Waals surface area contributed by atoms with Crippen LogP contribution in [0.5, 0.6) is 0 Å². The highest BCUT2D eigenvalue weighted by Crippen LogP contribution is 2.18. The number of carbonyl (C=O) groups excluding carboxylic acids is 1. The monoisotopic (exact) mass is 248 g/mol. The largest absolute Gasteiger partial charge is 0.380 e. The number of ether oxygens (including phenoxy) is 1. The lowest BCUT2D eigenvalue weighted by Crippen LogP contribution is -2.37. The van der Waals surface area contributed by atoms with E-state index in [2.05, 4.69) is 10.6 Å². The van der Waals surface area contributed by atoms with Crippen LogP contribution in [0.4, 0.5) is 5.69 Å². The van der Waals surface area contributed by atoms with Gasteiger partial charge in [0.1, 0.15) is 0 Å². The summed E-state index contributed by atoms with van der Waals surface area (Å²) < 4.78 is 5.13. The number of benzene rings is 1. The van der Waals surface area contributed by atoms with Crippen molar-refractivity contribution < 1.29 is 9.53 Å². The molecule has 1 fully saturated rings. The molecule has 1 aliphatic heterocycles. The highest BCUT2D eigenvalue weighted by Gasteiger charge is 2.21. The Labute approximate surface area is 108 Å². The van der Waals surface area contributed by atoms with Crippen molar-refractivity contribution in [3.63, 3.8) is 0 Å². The van der Waals surface area contributed by atoms with E-state index in [1.165, 1.54) is 0 Å². The van der Waals surface area contributed by atoms with Gasteiger partial charge < -0.3 is 15.4 Å². The van der Waals surface area contributed by atoms with Gasteiger partial charge in [-0.25, -0.2) is 0 Å². The summed E-state index contributed by atoms with van der Waals surface area (Å²) in [5, 5.41) is 6.26. The van der Waals surface area contributed by atoms with E-state index in [9.17, 15) is 4.79 Å². The number of piperidine rings is 1. The molecule has 1 heterocycles. The van der Waals surface area contributed by atoms with Crippen LogP contribution in [-0.4, -0.2) is 26.1 Å². The predicted molar refractivity (Wildman–Crippen MR) is 71.4 cm³/mol. The summed E-state index contributed by atoms with van der Waals surface area (Å²) in [6.07, 6.45) is 2.03. The minimum Gasteiger partial charge on any atom is -0.380 e. The maximum absolute atomic E-state index is 12.1. The second-order valence-electron chi connectivity index (χ2n) is 4.62. The molecule has 0 spiro atoms. The molecule has 0 aliphatic carbocycles. The van der Waals surface area contributed by atoms with Crippen LogP contribution in [0.1, 0.15) is 18.4 Å². The lowest BCUT2D eigenvalue weighted by atomic mass is 9.98. The van der Waals surface area contributed by atoms with E-state index in [-0.39, 0.29) is 11.8 Å². The molecule has 0 aromatic heterocycles. The highest BCUT2D eigenvalue weighted by atomic mass is 16.5. The Hall–Kier alpha value is -1.39. The second kappa shape index (κ2) is 6.52. The summed E-state index contributed by atoms with van der Waals surface area (Å²) in [5.74, 6) is 0.181. The van der Waals surface area contributed by atoms with Gasteiger partial charge in [0, 0.05) is 24.9 Å². The summed E-state index contributed by atoms with van der Waals surface area (Å²) in [4.78, 5) is 12.1. The molecule has 2 rings (SSSR count). The van der Waals surface area contributed by atoms with Crippen molar-refractivity contribution in [3.8, 4) is 0 Å². The molecule has 1 amide bonds. The molecular weight excluding hydrogens is 228 g/mol. The van der Waals surface area contributed by atoms with Gasteiger partial charge in [0.15, 0.2) is 0 Å². The Balaban J connectivity index is 2.01. The van der Waals surface area contributed by atoms with Gasteiger partial charge in [0.25, 0.3) is 0 Å². The predicted octanol–water partition coefficient (Wildman–Crippen LogP) is 1.77. The summed E-state index contributed by atoms with van der Waals surface area (Å²) >= 11 is 0. The zero-order valence-corrected chi connectivity index (χ0v) is 10.7. The van der Waals surface area contributed by atoms with E-state index in [1.54, 1.807) is 7.11 Å². The van der Waals surface area contributed by atoms with Gasteiger partial charge >= 0.3 is 0 Å². The standard InChI is InChI=1S/C14H20N2O2/c1-18-10-12-5-2-3-7-13(12)16-14(17)11-6-4-8-15-9-11/h2-3,5,7,11,15H,4,6,8-10H2,1H3,(H,16,17). The maximum Gasteiger partial charge on any atom is 0.228 e. The molecule has 2 N–H and O–H groups in total. The molecule has 98 valence electrons. The first-order chi connectivity index (χ1) is 8.81. The van der Waals surface area contributed by atoms with Gasteiger partial charge in [0.2, 0.25) is 5.91 Å². The minimum absolute atomic E-state index is 0.0781. The maximum atomic E-state index is 12.1. The van der Waals surface area contributed by atoms with Crippen molar-refractivity contribution in [2.45, 2.75) is 19.4 Å². The number of hydrogen-bond acceptors (Lipinski definition) is 3. The molecule has 0 radical (unpaired) electrons. The number of anilines is 1. The van der Waals surface area contributed by atoms with Crippen LogP contribution < -0.4 is 10.6 Å². The molecular formula is C14H20N2O2. The third-order valence-corrected chi connectivity index (χ3v) is 3.24. The van der Waals surface area contributed by atoms with Crippen molar-refractivity contribution in [2.75, 3.05) is 25.5 Å². The number of hydrogen-bond donors (Lipinski definition) is 2. The normalized spacial score (nSPS) is 19.5. The molecule has 0 saturated carbocycles. The number of carbonyl (C=O) groups is 1. The number of rotatable bonds is 4. The van der Waals surface area contributed by atoms with Crippen LogP contribution >= 0.6 is 0 Å². The zero-order valence-electron chi connectivity index (χ0n) is 10.7. The van der Waals surface area contributed by atoms with Gasteiger partial charge in [-0.2, -0.15) is 0 Å². The number of nitrogens with one attached hydrogen (secondary N) is 2. The Morgan fingerprint density at radius 1 is 1.50 bits per heavy atom. The van der Waals surface area contributed by atoms with Crippen molar-refractivity contribution in [2.24, 2.45) is 5.92 Å². The first kappa shape index (κ1) is 13.1. The molecule has 0 bridgehead atoms. The van der Waals surface area contributed by atoms with Crippen LogP contribution in [0.3, 0.4) is 0 Å². The fourth-order valence-corrected chi connectivity index (χ4v) is 2.23. The molecule has 1 unspecified atom stereocenters. The summed E-state index contributed by atoms with van der Waals surface area (Å²) in [7, 11) is 1.66. The summed E-state index contributed by atoms with van der Waals surface area (Å²) in [5.41, 5.74) is 1.87. The topological polar surface area (TPSA) is 50.4 Å². The number of para-hydroxylation sites is 1. The average Bonchev–Trinajstić information content (AvgIpc) is 2.42. The minimum atomic E-state index is 0.0781. The molecule has 1 aromatic rings. The molecule has 1 saturated heterocycles. The third kappa shape index (κ3) is 3.31. The summed E-state index contributed by atoms with van der Waals surface area (Å²) in [6, 6.07) is 7.76. The van der Waals surface area contributed by atoms with E-state index in [4.69, 9.17) is 4.74 Å². The Morgan fingerprint density at radius 2 is 2.33 bits per heavy atom. The lowest BCUT2D eigenvalue weighted by Gasteiger charge is -2.22.